The zero-order valence-corrected chi connectivity index (χ0v) is 17.5. The third-order valence-corrected chi connectivity index (χ3v) is 6.60. The molecule has 0 spiro atoms. The van der Waals surface area contributed by atoms with Crippen molar-refractivity contribution in [3.05, 3.63) is 69.2 Å². The van der Waals surface area contributed by atoms with Crippen LogP contribution in [0.1, 0.15) is 36.0 Å². The van der Waals surface area contributed by atoms with Gasteiger partial charge in [0.25, 0.3) is 0 Å². The van der Waals surface area contributed by atoms with Gasteiger partial charge in [-0.3, -0.25) is 4.90 Å². The van der Waals surface area contributed by atoms with Gasteiger partial charge in [-0.2, -0.15) is 0 Å². The Morgan fingerprint density at radius 1 is 0.926 bits per heavy atom. The second kappa shape index (κ2) is 9.39. The highest BCUT2D eigenvalue weighted by atomic mass is 35.5. The van der Waals surface area contributed by atoms with Crippen LogP contribution in [0.2, 0.25) is 10.0 Å². The normalized spacial score (nSPS) is 15.8. The van der Waals surface area contributed by atoms with Crippen molar-refractivity contribution in [2.75, 3.05) is 13.1 Å². The lowest BCUT2D eigenvalue weighted by atomic mass is 10.1. The highest BCUT2D eigenvalue weighted by Crippen LogP contribution is 2.22. The Morgan fingerprint density at radius 2 is 1.59 bits per heavy atom. The molecule has 1 heterocycles. The predicted molar refractivity (Wildman–Crippen MR) is 111 cm³/mol. The fourth-order valence-electron chi connectivity index (χ4n) is 3.23. The Bertz CT molecular complexity index is 864. The van der Waals surface area contributed by atoms with Gasteiger partial charge in [0.05, 0.1) is 5.75 Å². The van der Waals surface area contributed by atoms with Crippen LogP contribution in [0.25, 0.3) is 0 Å². The molecule has 2 aromatic rings. The number of piperidine rings is 1. The van der Waals surface area contributed by atoms with Gasteiger partial charge in [-0.05, 0) is 54.8 Å². The highest BCUT2D eigenvalue weighted by Gasteiger charge is 2.14. The van der Waals surface area contributed by atoms with E-state index in [2.05, 4.69) is 21.8 Å². The second-order valence-electron chi connectivity index (χ2n) is 6.97. The summed E-state index contributed by atoms with van der Waals surface area (Å²) in [5, 5.41) is 0.841. The molecule has 0 aromatic heterocycles. The highest BCUT2D eigenvalue weighted by molar-refractivity contribution is 7.88. The number of likely N-dealkylation sites (tertiary alicyclic amines) is 1. The zero-order valence-electron chi connectivity index (χ0n) is 15.1. The molecule has 0 bridgehead atoms. The number of halogens is 2. The van der Waals surface area contributed by atoms with E-state index in [1.807, 2.05) is 12.1 Å². The first-order valence-electron chi connectivity index (χ1n) is 9.13. The van der Waals surface area contributed by atoms with E-state index < -0.39 is 10.0 Å². The van der Waals surface area contributed by atoms with Crippen LogP contribution in [-0.2, 0) is 28.9 Å². The molecule has 0 atom stereocenters. The largest absolute Gasteiger partial charge is 0.299 e. The topological polar surface area (TPSA) is 49.4 Å². The van der Waals surface area contributed by atoms with Crippen molar-refractivity contribution in [1.29, 1.82) is 0 Å². The molecule has 0 aliphatic carbocycles. The maximum atomic E-state index is 12.3. The van der Waals surface area contributed by atoms with Gasteiger partial charge < -0.3 is 0 Å². The average molecular weight is 427 g/mol. The van der Waals surface area contributed by atoms with Crippen molar-refractivity contribution in [3.8, 4) is 0 Å². The molecular weight excluding hydrogens is 403 g/mol. The first-order valence-corrected chi connectivity index (χ1v) is 11.5. The van der Waals surface area contributed by atoms with Crippen LogP contribution in [0.15, 0.2) is 42.5 Å². The minimum Gasteiger partial charge on any atom is -0.299 e. The van der Waals surface area contributed by atoms with Crippen LogP contribution < -0.4 is 4.72 Å². The minimum atomic E-state index is -3.49. The van der Waals surface area contributed by atoms with Crippen molar-refractivity contribution < 1.29 is 8.42 Å². The molecule has 4 nitrogen and oxygen atoms in total. The number of rotatable bonds is 7. The van der Waals surface area contributed by atoms with Crippen LogP contribution in [0.5, 0.6) is 0 Å². The summed E-state index contributed by atoms with van der Waals surface area (Å²) in [5.74, 6) is -0.171. The third kappa shape index (κ3) is 6.47. The van der Waals surface area contributed by atoms with Gasteiger partial charge in [-0.1, -0.05) is 60.0 Å². The molecule has 27 heavy (non-hydrogen) atoms. The summed E-state index contributed by atoms with van der Waals surface area (Å²) in [6, 6.07) is 12.9. The fraction of sp³-hybridized carbons (Fsp3) is 0.400. The Balaban J connectivity index is 1.53. The molecule has 146 valence electrons. The molecule has 7 heteroatoms. The number of hydrogen-bond donors (Lipinski definition) is 1. The van der Waals surface area contributed by atoms with E-state index in [1.165, 1.54) is 24.8 Å². The summed E-state index contributed by atoms with van der Waals surface area (Å²) < 4.78 is 27.3. The molecule has 0 unspecified atom stereocenters. The lowest BCUT2D eigenvalue weighted by Gasteiger charge is -2.26. The minimum absolute atomic E-state index is 0.171. The zero-order chi connectivity index (χ0) is 19.3. The van der Waals surface area contributed by atoms with Crippen molar-refractivity contribution >= 4 is 33.2 Å². The molecule has 2 aromatic carbocycles. The molecular formula is C20H24Cl2N2O2S. The van der Waals surface area contributed by atoms with Crippen molar-refractivity contribution in [2.45, 2.75) is 38.1 Å². The standard InChI is InChI=1S/C20H24Cl2N2O2S/c21-19-9-8-18(20(22)12-19)15-27(25,26)23-13-16-4-6-17(7-5-16)14-24-10-2-1-3-11-24/h4-9,12,23H,1-3,10-11,13-15H2. The molecule has 1 N–H and O–H groups in total. The summed E-state index contributed by atoms with van der Waals surface area (Å²) in [6.07, 6.45) is 3.88. The summed E-state index contributed by atoms with van der Waals surface area (Å²) in [4.78, 5) is 2.47. The maximum absolute atomic E-state index is 12.3. The van der Waals surface area contributed by atoms with Gasteiger partial charge in [0.1, 0.15) is 0 Å². The SMILES string of the molecule is O=S(=O)(Cc1ccc(Cl)cc1Cl)NCc1ccc(CN2CCCCC2)cc1. The van der Waals surface area contributed by atoms with E-state index in [1.54, 1.807) is 18.2 Å². The third-order valence-electron chi connectivity index (χ3n) is 4.73. The Hall–Kier alpha value is -1.11. The van der Waals surface area contributed by atoms with Gasteiger partial charge in [0.2, 0.25) is 10.0 Å². The first kappa shape index (κ1) is 20.6. The molecule has 3 rings (SSSR count). The van der Waals surface area contributed by atoms with Gasteiger partial charge in [-0.15, -0.1) is 0 Å². The maximum Gasteiger partial charge on any atom is 0.216 e. The van der Waals surface area contributed by atoms with Crippen molar-refractivity contribution in [2.24, 2.45) is 0 Å². The van der Waals surface area contributed by atoms with E-state index in [0.29, 0.717) is 15.6 Å². The number of nitrogens with zero attached hydrogens (tertiary/aromatic N) is 1. The Labute approximate surface area is 171 Å². The fourth-order valence-corrected chi connectivity index (χ4v) is 4.93. The van der Waals surface area contributed by atoms with E-state index >= 15 is 0 Å². The first-order chi connectivity index (χ1) is 12.9. The summed E-state index contributed by atoms with van der Waals surface area (Å²) in [7, 11) is -3.49. The van der Waals surface area contributed by atoms with E-state index in [-0.39, 0.29) is 12.3 Å². The number of nitrogens with one attached hydrogen (secondary N) is 1. The van der Waals surface area contributed by atoms with Crippen LogP contribution in [0.4, 0.5) is 0 Å². The predicted octanol–water partition coefficient (Wildman–Crippen LogP) is 4.60. The van der Waals surface area contributed by atoms with Crippen molar-refractivity contribution in [1.82, 2.24) is 9.62 Å². The molecule has 0 saturated carbocycles. The lowest BCUT2D eigenvalue weighted by molar-refractivity contribution is 0.221. The van der Waals surface area contributed by atoms with E-state index in [4.69, 9.17) is 23.2 Å². The summed E-state index contributed by atoms with van der Waals surface area (Å²) in [5.41, 5.74) is 2.73. The molecule has 1 saturated heterocycles. The number of hydrogen-bond acceptors (Lipinski definition) is 3. The van der Waals surface area contributed by atoms with Gasteiger partial charge in [-0.25, -0.2) is 13.1 Å². The van der Waals surface area contributed by atoms with E-state index in [9.17, 15) is 8.42 Å². The summed E-state index contributed by atoms with van der Waals surface area (Å²) >= 11 is 11.9. The van der Waals surface area contributed by atoms with Crippen LogP contribution >= 0.6 is 23.2 Å². The van der Waals surface area contributed by atoms with Gasteiger partial charge >= 0.3 is 0 Å². The molecule has 1 aliphatic rings. The van der Waals surface area contributed by atoms with Gasteiger partial charge in [0, 0.05) is 23.1 Å². The quantitative estimate of drug-likeness (QED) is 0.703. The molecule has 1 aliphatic heterocycles. The average Bonchev–Trinajstić information content (AvgIpc) is 2.64. The lowest BCUT2D eigenvalue weighted by Crippen LogP contribution is -2.29. The van der Waals surface area contributed by atoms with Crippen LogP contribution in [-0.4, -0.2) is 26.4 Å². The van der Waals surface area contributed by atoms with Crippen molar-refractivity contribution in [3.63, 3.8) is 0 Å². The monoisotopic (exact) mass is 426 g/mol. The number of sulfonamides is 1. The van der Waals surface area contributed by atoms with Crippen LogP contribution in [0, 0.1) is 0 Å². The molecule has 0 amide bonds. The number of benzene rings is 2. The van der Waals surface area contributed by atoms with E-state index in [0.717, 1.165) is 25.2 Å². The Kier molecular flexibility index (Phi) is 7.17. The molecule has 0 radical (unpaired) electrons. The smallest absolute Gasteiger partial charge is 0.216 e. The summed E-state index contributed by atoms with van der Waals surface area (Å²) in [6.45, 7) is 3.54. The Morgan fingerprint density at radius 3 is 2.26 bits per heavy atom. The molecule has 1 fully saturated rings. The van der Waals surface area contributed by atoms with Crippen LogP contribution in [0.3, 0.4) is 0 Å². The second-order valence-corrected chi connectivity index (χ2v) is 9.62. The van der Waals surface area contributed by atoms with Gasteiger partial charge in [0.15, 0.2) is 0 Å².